The first-order valence-electron chi connectivity index (χ1n) is 10.5. The number of carbonyl (C=O) groups is 1. The second kappa shape index (κ2) is 11.4. The molecular formula is C23H25F3N4O3S. The Bertz CT molecular complexity index is 1110. The summed E-state index contributed by atoms with van der Waals surface area (Å²) in [6, 6.07) is 14.0. The van der Waals surface area contributed by atoms with E-state index in [1.54, 1.807) is 24.3 Å². The molecule has 1 aromatic heterocycles. The van der Waals surface area contributed by atoms with E-state index in [-0.39, 0.29) is 5.89 Å². The Hall–Kier alpha value is -3.05. The van der Waals surface area contributed by atoms with Crippen molar-refractivity contribution in [3.8, 4) is 11.5 Å². The Morgan fingerprint density at radius 2 is 1.79 bits per heavy atom. The molecule has 0 unspecified atom stereocenters. The van der Waals surface area contributed by atoms with Gasteiger partial charge < -0.3 is 14.2 Å². The highest BCUT2D eigenvalue weighted by atomic mass is 32.2. The normalized spacial score (nSPS) is 14.9. The monoisotopic (exact) mass is 494 g/mol. The van der Waals surface area contributed by atoms with Crippen molar-refractivity contribution in [2.24, 2.45) is 0 Å². The van der Waals surface area contributed by atoms with E-state index < -0.39 is 22.9 Å². The molecule has 1 aliphatic heterocycles. The predicted molar refractivity (Wildman–Crippen MR) is 124 cm³/mol. The highest BCUT2D eigenvalue weighted by Gasteiger charge is 2.38. The fourth-order valence-electron chi connectivity index (χ4n) is 3.13. The zero-order valence-corrected chi connectivity index (χ0v) is 19.6. The van der Waals surface area contributed by atoms with Crippen LogP contribution in [0.1, 0.15) is 17.0 Å². The number of carbonyl (C=O) groups excluding carboxylic acids is 1. The van der Waals surface area contributed by atoms with E-state index in [9.17, 15) is 22.2 Å². The molecule has 0 N–H and O–H groups in total. The van der Waals surface area contributed by atoms with Gasteiger partial charge in [0.1, 0.15) is 0 Å². The minimum atomic E-state index is -4.68. The Labute approximate surface area is 198 Å². The minimum Gasteiger partial charge on any atom is -0.413 e. The highest BCUT2D eigenvalue weighted by Crippen LogP contribution is 2.30. The third-order valence-corrected chi connectivity index (χ3v) is 6.36. The van der Waals surface area contributed by atoms with E-state index in [2.05, 4.69) is 26.6 Å². The van der Waals surface area contributed by atoms with Crippen LogP contribution in [0, 0.1) is 6.92 Å². The van der Waals surface area contributed by atoms with Crippen molar-refractivity contribution < 1.29 is 26.6 Å². The van der Waals surface area contributed by atoms with Crippen LogP contribution in [0.4, 0.5) is 18.9 Å². The van der Waals surface area contributed by atoms with E-state index in [1.807, 2.05) is 31.2 Å². The lowest BCUT2D eigenvalue weighted by molar-refractivity contribution is -0.156. The molecular weight excluding hydrogens is 469 g/mol. The molecule has 0 atom stereocenters. The number of benzene rings is 2. The first kappa shape index (κ1) is 25.6. The van der Waals surface area contributed by atoms with E-state index in [0.29, 0.717) is 12.1 Å². The van der Waals surface area contributed by atoms with Crippen LogP contribution in [-0.2, 0) is 28.3 Å². The number of nitrogens with zero attached hydrogens (tertiary/aromatic N) is 4. The molecule has 7 nitrogen and oxygen atoms in total. The van der Waals surface area contributed by atoms with Gasteiger partial charge in [-0.15, -0.1) is 10.2 Å². The van der Waals surface area contributed by atoms with Crippen molar-refractivity contribution in [3.63, 3.8) is 0 Å². The van der Waals surface area contributed by atoms with Gasteiger partial charge in [0.05, 0.1) is 6.54 Å². The second-order valence-electron chi connectivity index (χ2n) is 7.83. The molecule has 3 aromatic rings. The summed E-state index contributed by atoms with van der Waals surface area (Å²) in [4.78, 5) is 15.1. The number of anilines is 1. The molecule has 11 heteroatoms. The molecule has 0 aliphatic carbocycles. The van der Waals surface area contributed by atoms with Crippen molar-refractivity contribution in [2.75, 3.05) is 36.5 Å². The summed E-state index contributed by atoms with van der Waals surface area (Å²) in [5, 5.41) is 6.41. The van der Waals surface area contributed by atoms with Gasteiger partial charge in [0.25, 0.3) is 0 Å². The predicted octanol–water partition coefficient (Wildman–Crippen LogP) is 3.91. The lowest BCUT2D eigenvalue weighted by atomic mass is 10.1. The van der Waals surface area contributed by atoms with Gasteiger partial charge in [-0.05, 0) is 49.4 Å². The quantitative estimate of drug-likeness (QED) is 0.501. The third kappa shape index (κ3) is 7.22. The molecule has 2 heterocycles. The van der Waals surface area contributed by atoms with Crippen molar-refractivity contribution in [3.05, 3.63) is 65.5 Å². The first-order chi connectivity index (χ1) is 16.2. The molecule has 34 heavy (non-hydrogen) atoms. The number of hydrogen-bond acceptors (Lipinski definition) is 6. The molecule has 1 fully saturated rings. The SMILES string of the molecule is CN1CCS(=O)CC1.Cc1cccc(N(C=O)Cc2ccc(-c3nnc(C(F)(F)F)o3)cc2)c1. The van der Waals surface area contributed by atoms with Gasteiger partial charge in [0, 0.05) is 46.6 Å². The van der Waals surface area contributed by atoms with E-state index in [0.717, 1.165) is 47.8 Å². The van der Waals surface area contributed by atoms with Crippen LogP contribution in [-0.4, -0.2) is 57.4 Å². The molecule has 182 valence electrons. The highest BCUT2D eigenvalue weighted by molar-refractivity contribution is 7.85. The van der Waals surface area contributed by atoms with Gasteiger partial charge in [-0.3, -0.25) is 9.00 Å². The lowest BCUT2D eigenvalue weighted by Gasteiger charge is -2.20. The number of rotatable bonds is 5. The maximum absolute atomic E-state index is 12.5. The number of amides is 1. The second-order valence-corrected chi connectivity index (χ2v) is 9.53. The van der Waals surface area contributed by atoms with Crippen LogP contribution in [0.15, 0.2) is 52.9 Å². The van der Waals surface area contributed by atoms with E-state index in [1.165, 1.54) is 4.90 Å². The Kier molecular flexibility index (Phi) is 8.56. The Morgan fingerprint density at radius 3 is 2.32 bits per heavy atom. The molecule has 1 amide bonds. The van der Waals surface area contributed by atoms with Crippen LogP contribution < -0.4 is 4.90 Å². The molecule has 0 bridgehead atoms. The Balaban J connectivity index is 0.000000343. The maximum atomic E-state index is 12.5. The maximum Gasteiger partial charge on any atom is 0.470 e. The topological polar surface area (TPSA) is 79.5 Å². The fraction of sp³-hybridized carbons (Fsp3) is 0.348. The van der Waals surface area contributed by atoms with Crippen LogP contribution in [0.3, 0.4) is 0 Å². The van der Waals surface area contributed by atoms with Crippen molar-refractivity contribution >= 4 is 22.9 Å². The van der Waals surface area contributed by atoms with E-state index >= 15 is 0 Å². The van der Waals surface area contributed by atoms with Crippen molar-refractivity contribution in [1.29, 1.82) is 0 Å². The molecule has 4 rings (SSSR count). The Morgan fingerprint density at radius 1 is 1.12 bits per heavy atom. The summed E-state index contributed by atoms with van der Waals surface area (Å²) in [5.74, 6) is 0.144. The van der Waals surface area contributed by atoms with Gasteiger partial charge in [0.2, 0.25) is 12.3 Å². The molecule has 2 aromatic carbocycles. The molecule has 0 radical (unpaired) electrons. The molecule has 0 saturated carbocycles. The zero-order chi connectivity index (χ0) is 24.7. The fourth-order valence-corrected chi connectivity index (χ4v) is 4.36. The van der Waals surface area contributed by atoms with Crippen LogP contribution in [0.25, 0.3) is 11.5 Å². The van der Waals surface area contributed by atoms with Gasteiger partial charge in [-0.25, -0.2) is 0 Å². The largest absolute Gasteiger partial charge is 0.470 e. The third-order valence-electron chi connectivity index (χ3n) is 5.08. The summed E-state index contributed by atoms with van der Waals surface area (Å²) < 4.78 is 52.9. The standard InChI is InChI=1S/C18H14F3N3O2.C5H11NOS/c1-12-3-2-4-15(9-12)24(11-25)10-13-5-7-14(8-6-13)16-22-23-17(26-16)18(19,20)21;1-6-2-4-8(7)5-3-6/h2-9,11H,10H2,1H3;2-5H2,1H3. The minimum absolute atomic E-state index is 0.213. The average molecular weight is 495 g/mol. The van der Waals surface area contributed by atoms with Gasteiger partial charge >= 0.3 is 12.1 Å². The zero-order valence-electron chi connectivity index (χ0n) is 18.8. The molecule has 1 saturated heterocycles. The van der Waals surface area contributed by atoms with Gasteiger partial charge in [0.15, 0.2) is 0 Å². The number of alkyl halides is 3. The molecule has 1 aliphatic rings. The number of aryl methyl sites for hydroxylation is 1. The van der Waals surface area contributed by atoms with Gasteiger partial charge in [-0.2, -0.15) is 13.2 Å². The van der Waals surface area contributed by atoms with Crippen LogP contribution in [0.5, 0.6) is 0 Å². The smallest absolute Gasteiger partial charge is 0.413 e. The summed E-state index contributed by atoms with van der Waals surface area (Å²) in [5.41, 5.74) is 2.96. The van der Waals surface area contributed by atoms with Crippen molar-refractivity contribution in [1.82, 2.24) is 15.1 Å². The van der Waals surface area contributed by atoms with Crippen molar-refractivity contribution in [2.45, 2.75) is 19.6 Å². The summed E-state index contributed by atoms with van der Waals surface area (Å²) in [7, 11) is 1.56. The number of hydrogen-bond donors (Lipinski definition) is 0. The lowest BCUT2D eigenvalue weighted by Crippen LogP contribution is -2.34. The summed E-state index contributed by atoms with van der Waals surface area (Å²) in [6.45, 7) is 4.27. The average Bonchev–Trinajstić information content (AvgIpc) is 3.31. The summed E-state index contributed by atoms with van der Waals surface area (Å²) in [6.07, 6.45) is -3.94. The van der Waals surface area contributed by atoms with E-state index in [4.69, 9.17) is 0 Å². The number of aromatic nitrogens is 2. The van der Waals surface area contributed by atoms with Gasteiger partial charge in [-0.1, -0.05) is 24.3 Å². The van der Waals surface area contributed by atoms with Crippen LogP contribution >= 0.6 is 0 Å². The first-order valence-corrected chi connectivity index (χ1v) is 12.0. The number of halogens is 3. The van der Waals surface area contributed by atoms with Crippen LogP contribution in [0.2, 0.25) is 0 Å². The molecule has 0 spiro atoms. The summed E-state index contributed by atoms with van der Waals surface area (Å²) >= 11 is 0.